The van der Waals surface area contributed by atoms with Crippen LogP contribution in [0.4, 0.5) is 4.39 Å². The normalized spacial score (nSPS) is 27.4. The van der Waals surface area contributed by atoms with Gasteiger partial charge in [0.25, 0.3) is 0 Å². The van der Waals surface area contributed by atoms with Crippen molar-refractivity contribution in [2.45, 2.75) is 64.5 Å². The zero-order valence-corrected chi connectivity index (χ0v) is 13.1. The van der Waals surface area contributed by atoms with E-state index in [1.54, 1.807) is 12.1 Å². The summed E-state index contributed by atoms with van der Waals surface area (Å²) in [5.41, 5.74) is 1.20. The SMILES string of the molecule is CCNC1CC(Oc2ccc(F)cc2C)C12CCCCC2. The number of nitrogens with one attached hydrogen (secondary N) is 1. The standard InChI is InChI=1S/C18H26FNO/c1-3-20-16-12-17(18(16)9-5-4-6-10-18)21-15-8-7-14(19)11-13(15)2/h7-8,11,16-17,20H,3-6,9-10,12H2,1-2H3. The summed E-state index contributed by atoms with van der Waals surface area (Å²) in [7, 11) is 0. The molecule has 2 aliphatic rings. The highest BCUT2D eigenvalue weighted by molar-refractivity contribution is 5.33. The van der Waals surface area contributed by atoms with Crippen molar-refractivity contribution in [1.82, 2.24) is 5.32 Å². The molecule has 0 amide bonds. The Balaban J connectivity index is 1.75. The highest BCUT2D eigenvalue weighted by Crippen LogP contribution is 2.53. The van der Waals surface area contributed by atoms with Crippen molar-refractivity contribution in [3.8, 4) is 5.75 Å². The zero-order valence-electron chi connectivity index (χ0n) is 13.1. The van der Waals surface area contributed by atoms with Crippen molar-refractivity contribution in [1.29, 1.82) is 0 Å². The van der Waals surface area contributed by atoms with Gasteiger partial charge in [-0.25, -0.2) is 4.39 Å². The number of hydrogen-bond donors (Lipinski definition) is 1. The van der Waals surface area contributed by atoms with Gasteiger partial charge < -0.3 is 10.1 Å². The van der Waals surface area contributed by atoms with Crippen LogP contribution in [-0.2, 0) is 0 Å². The number of halogens is 1. The highest BCUT2D eigenvalue weighted by Gasteiger charge is 2.56. The van der Waals surface area contributed by atoms with Gasteiger partial charge in [-0.2, -0.15) is 0 Å². The molecule has 2 saturated carbocycles. The Hall–Kier alpha value is -1.09. The summed E-state index contributed by atoms with van der Waals surface area (Å²) < 4.78 is 19.5. The molecule has 1 spiro atoms. The van der Waals surface area contributed by atoms with E-state index in [1.807, 2.05) is 6.92 Å². The molecule has 3 heteroatoms. The minimum atomic E-state index is -0.189. The summed E-state index contributed by atoms with van der Waals surface area (Å²) in [4.78, 5) is 0. The van der Waals surface area contributed by atoms with Crippen LogP contribution in [0.25, 0.3) is 0 Å². The maximum absolute atomic E-state index is 13.2. The van der Waals surface area contributed by atoms with E-state index in [-0.39, 0.29) is 11.9 Å². The Morgan fingerprint density at radius 3 is 2.71 bits per heavy atom. The van der Waals surface area contributed by atoms with Crippen LogP contribution in [0.1, 0.15) is 51.0 Å². The van der Waals surface area contributed by atoms with Crippen LogP contribution < -0.4 is 10.1 Å². The van der Waals surface area contributed by atoms with Gasteiger partial charge in [0, 0.05) is 17.9 Å². The third-order valence-electron chi connectivity index (χ3n) is 5.43. The van der Waals surface area contributed by atoms with Gasteiger partial charge >= 0.3 is 0 Å². The lowest BCUT2D eigenvalue weighted by Gasteiger charge is -2.57. The van der Waals surface area contributed by atoms with Gasteiger partial charge in [-0.15, -0.1) is 0 Å². The molecule has 1 aromatic carbocycles. The quantitative estimate of drug-likeness (QED) is 0.897. The lowest BCUT2D eigenvalue weighted by Crippen LogP contribution is -2.65. The van der Waals surface area contributed by atoms with Gasteiger partial charge in [-0.1, -0.05) is 26.2 Å². The van der Waals surface area contributed by atoms with Crippen LogP contribution in [0.5, 0.6) is 5.75 Å². The van der Waals surface area contributed by atoms with E-state index in [1.165, 1.54) is 38.2 Å². The number of benzene rings is 1. The van der Waals surface area contributed by atoms with Crippen molar-refractivity contribution in [2.75, 3.05) is 6.54 Å². The molecule has 1 aromatic rings. The molecule has 3 rings (SSSR count). The van der Waals surface area contributed by atoms with Crippen molar-refractivity contribution < 1.29 is 9.13 Å². The second-order valence-electron chi connectivity index (χ2n) is 6.66. The van der Waals surface area contributed by atoms with E-state index >= 15 is 0 Å². The number of hydrogen-bond acceptors (Lipinski definition) is 2. The average Bonchev–Trinajstić information content (AvgIpc) is 2.49. The molecule has 0 bridgehead atoms. The molecular weight excluding hydrogens is 265 g/mol. The zero-order chi connectivity index (χ0) is 14.9. The second-order valence-corrected chi connectivity index (χ2v) is 6.66. The molecule has 0 saturated heterocycles. The Labute approximate surface area is 127 Å². The summed E-state index contributed by atoms with van der Waals surface area (Å²) in [6.45, 7) is 5.12. The van der Waals surface area contributed by atoms with E-state index < -0.39 is 0 Å². The van der Waals surface area contributed by atoms with E-state index in [0.717, 1.165) is 24.3 Å². The van der Waals surface area contributed by atoms with Crippen molar-refractivity contribution in [2.24, 2.45) is 5.41 Å². The summed E-state index contributed by atoms with van der Waals surface area (Å²) in [6.07, 6.45) is 7.85. The molecule has 21 heavy (non-hydrogen) atoms. The number of aryl methyl sites for hydroxylation is 1. The first-order chi connectivity index (χ1) is 10.2. The third-order valence-corrected chi connectivity index (χ3v) is 5.43. The molecule has 2 atom stereocenters. The monoisotopic (exact) mass is 291 g/mol. The van der Waals surface area contributed by atoms with Crippen LogP contribution in [0, 0.1) is 18.2 Å². The van der Waals surface area contributed by atoms with Gasteiger partial charge in [0.2, 0.25) is 0 Å². The van der Waals surface area contributed by atoms with Crippen LogP contribution in [0.15, 0.2) is 18.2 Å². The molecule has 0 heterocycles. The minimum Gasteiger partial charge on any atom is -0.489 e. The van der Waals surface area contributed by atoms with Crippen molar-refractivity contribution >= 4 is 0 Å². The smallest absolute Gasteiger partial charge is 0.123 e. The third kappa shape index (κ3) is 2.68. The number of ether oxygens (including phenoxy) is 1. The Bertz CT molecular complexity index is 496. The summed E-state index contributed by atoms with van der Waals surface area (Å²) in [6, 6.07) is 5.43. The average molecular weight is 291 g/mol. The lowest BCUT2D eigenvalue weighted by atomic mass is 9.55. The Kier molecular flexibility index (Phi) is 4.21. The summed E-state index contributed by atoms with van der Waals surface area (Å²) in [5.74, 6) is 0.660. The van der Waals surface area contributed by atoms with E-state index in [2.05, 4.69) is 12.2 Å². The van der Waals surface area contributed by atoms with E-state index in [4.69, 9.17) is 4.74 Å². The number of rotatable bonds is 4. The van der Waals surface area contributed by atoms with Crippen LogP contribution in [0.3, 0.4) is 0 Å². The first-order valence-corrected chi connectivity index (χ1v) is 8.32. The van der Waals surface area contributed by atoms with Crippen molar-refractivity contribution in [3.63, 3.8) is 0 Å². The Morgan fingerprint density at radius 2 is 2.05 bits per heavy atom. The van der Waals surface area contributed by atoms with E-state index in [0.29, 0.717) is 11.5 Å². The fraction of sp³-hybridized carbons (Fsp3) is 0.667. The molecule has 0 radical (unpaired) electrons. The first kappa shape index (κ1) is 14.8. The fourth-order valence-corrected chi connectivity index (χ4v) is 4.22. The topological polar surface area (TPSA) is 21.3 Å². The molecule has 0 aromatic heterocycles. The minimum absolute atomic E-state index is 0.189. The predicted octanol–water partition coefficient (Wildman–Crippen LogP) is 4.21. The first-order valence-electron chi connectivity index (χ1n) is 8.32. The maximum Gasteiger partial charge on any atom is 0.123 e. The molecule has 116 valence electrons. The van der Waals surface area contributed by atoms with Gasteiger partial charge in [0.05, 0.1) is 0 Å². The molecular formula is C18H26FNO. The second kappa shape index (κ2) is 5.96. The van der Waals surface area contributed by atoms with E-state index in [9.17, 15) is 4.39 Å². The van der Waals surface area contributed by atoms with Gasteiger partial charge in [0.15, 0.2) is 0 Å². The predicted molar refractivity (Wildman–Crippen MR) is 83.2 cm³/mol. The lowest BCUT2D eigenvalue weighted by molar-refractivity contribution is -0.102. The maximum atomic E-state index is 13.2. The fourth-order valence-electron chi connectivity index (χ4n) is 4.22. The molecule has 2 aliphatic carbocycles. The van der Waals surface area contributed by atoms with Gasteiger partial charge in [-0.3, -0.25) is 0 Å². The molecule has 1 N–H and O–H groups in total. The molecule has 2 fully saturated rings. The largest absolute Gasteiger partial charge is 0.489 e. The van der Waals surface area contributed by atoms with Crippen LogP contribution in [0.2, 0.25) is 0 Å². The van der Waals surface area contributed by atoms with Crippen LogP contribution >= 0.6 is 0 Å². The Morgan fingerprint density at radius 1 is 1.29 bits per heavy atom. The van der Waals surface area contributed by atoms with Gasteiger partial charge in [-0.05, 0) is 50.1 Å². The van der Waals surface area contributed by atoms with Gasteiger partial charge in [0.1, 0.15) is 17.7 Å². The molecule has 0 aliphatic heterocycles. The highest BCUT2D eigenvalue weighted by atomic mass is 19.1. The van der Waals surface area contributed by atoms with Crippen molar-refractivity contribution in [3.05, 3.63) is 29.6 Å². The summed E-state index contributed by atoms with van der Waals surface area (Å²) >= 11 is 0. The summed E-state index contributed by atoms with van der Waals surface area (Å²) in [5, 5.41) is 3.64. The molecule has 2 nitrogen and oxygen atoms in total. The van der Waals surface area contributed by atoms with Crippen LogP contribution in [-0.4, -0.2) is 18.7 Å². The molecule has 2 unspecified atom stereocenters.